The van der Waals surface area contributed by atoms with E-state index in [0.717, 1.165) is 26.3 Å². The van der Waals surface area contributed by atoms with E-state index in [0.29, 0.717) is 26.4 Å². The van der Waals surface area contributed by atoms with Crippen LogP contribution in [0.1, 0.15) is 52.4 Å². The maximum Gasteiger partial charge on any atom is 0.673 e. The molecule has 0 unspecified atom stereocenters. The summed E-state index contributed by atoms with van der Waals surface area (Å²) in [6, 6.07) is 0. The summed E-state index contributed by atoms with van der Waals surface area (Å²) in [5, 5.41) is 0. The summed E-state index contributed by atoms with van der Waals surface area (Å²) in [5.41, 5.74) is 0. The molecule has 2 rings (SSSR count). The van der Waals surface area contributed by atoms with E-state index in [4.69, 9.17) is 14.2 Å². The van der Waals surface area contributed by atoms with Crippen molar-refractivity contribution in [1.82, 2.24) is 0 Å². The molecule has 37 heavy (non-hydrogen) atoms. The number of halogens is 8. The Bertz CT molecular complexity index is 491. The van der Waals surface area contributed by atoms with E-state index in [9.17, 15) is 34.5 Å². The van der Waals surface area contributed by atoms with Gasteiger partial charge in [-0.1, -0.05) is 0 Å². The number of hydrogen-bond acceptors (Lipinski definition) is 3. The molecule has 0 bridgehead atoms. The van der Waals surface area contributed by atoms with Gasteiger partial charge in [-0.15, -0.1) is 0 Å². The van der Waals surface area contributed by atoms with E-state index in [1.807, 2.05) is 0 Å². The largest absolute Gasteiger partial charge is 0.673 e. The number of likely N-dealkylation sites (tertiary alicyclic amines) is 2. The molecule has 0 aliphatic carbocycles. The summed E-state index contributed by atoms with van der Waals surface area (Å²) in [6.45, 7) is 19.3. The quantitative estimate of drug-likeness (QED) is 0.119. The molecule has 5 nitrogen and oxygen atoms in total. The second kappa shape index (κ2) is 19.4. The molecule has 0 radical (unpaired) electrons. The molecule has 0 amide bonds. The first-order valence-electron chi connectivity index (χ1n) is 13.4. The standard InChI is InChI=1S/C22H46N2O3.2BF4/c1-3-23(11-7-5-8-12-23)15-17-25-19-21-27-22-20-26-18-16-24(4-2)13-9-6-10-14-24;2*2-1(3,4)5/h3-22H2,1-2H3;;/q+2;2*-1. The molecule has 0 aromatic rings. The molecule has 224 valence electrons. The van der Waals surface area contributed by atoms with Gasteiger partial charge in [-0.2, -0.15) is 0 Å². The van der Waals surface area contributed by atoms with Crippen LogP contribution in [0.15, 0.2) is 0 Å². The molecule has 0 aromatic carbocycles. The first-order chi connectivity index (χ1) is 17.2. The molecular formula is C22H46B2F8N2O3. The Labute approximate surface area is 217 Å². The second-order valence-electron chi connectivity index (χ2n) is 9.61. The van der Waals surface area contributed by atoms with Gasteiger partial charge in [0.2, 0.25) is 0 Å². The van der Waals surface area contributed by atoms with E-state index in [1.165, 1.54) is 86.8 Å². The van der Waals surface area contributed by atoms with Gasteiger partial charge in [0.25, 0.3) is 0 Å². The Morgan fingerprint density at radius 2 is 0.703 bits per heavy atom. The summed E-state index contributed by atoms with van der Waals surface area (Å²) in [4.78, 5) is 0. The van der Waals surface area contributed by atoms with Crippen LogP contribution in [0.5, 0.6) is 0 Å². The van der Waals surface area contributed by atoms with Gasteiger partial charge in [-0.3, -0.25) is 0 Å². The van der Waals surface area contributed by atoms with E-state index in [-0.39, 0.29) is 0 Å². The number of likely N-dealkylation sites (N-methyl/N-ethyl adjacent to an activating group) is 2. The normalized spacial score (nSPS) is 19.3. The minimum Gasteiger partial charge on any atom is -0.418 e. The minimum atomic E-state index is -6.00. The highest BCUT2D eigenvalue weighted by molar-refractivity contribution is 6.50. The van der Waals surface area contributed by atoms with E-state index >= 15 is 0 Å². The lowest BCUT2D eigenvalue weighted by atomic mass is 10.1. The summed E-state index contributed by atoms with van der Waals surface area (Å²) in [7, 11) is -12.0. The predicted molar refractivity (Wildman–Crippen MR) is 131 cm³/mol. The lowest BCUT2D eigenvalue weighted by molar-refractivity contribution is -0.931. The first-order valence-corrected chi connectivity index (χ1v) is 13.4. The molecule has 2 aliphatic heterocycles. The maximum absolute atomic E-state index is 9.75. The van der Waals surface area contributed by atoms with Crippen molar-refractivity contribution < 1.29 is 57.7 Å². The second-order valence-corrected chi connectivity index (χ2v) is 9.61. The van der Waals surface area contributed by atoms with E-state index in [1.54, 1.807) is 0 Å². The van der Waals surface area contributed by atoms with Crippen molar-refractivity contribution >= 4 is 14.5 Å². The van der Waals surface area contributed by atoms with Gasteiger partial charge in [0.1, 0.15) is 13.1 Å². The Balaban J connectivity index is 0.00000110. The zero-order valence-electron chi connectivity index (χ0n) is 22.4. The van der Waals surface area contributed by atoms with Gasteiger partial charge in [0, 0.05) is 0 Å². The van der Waals surface area contributed by atoms with Crippen LogP contribution >= 0.6 is 0 Å². The van der Waals surface area contributed by atoms with Crippen LogP contribution in [0.3, 0.4) is 0 Å². The summed E-state index contributed by atoms with van der Waals surface area (Å²) in [5.74, 6) is 0. The molecule has 2 saturated heterocycles. The Morgan fingerprint density at radius 3 is 0.946 bits per heavy atom. The van der Waals surface area contributed by atoms with Crippen LogP contribution in [0.25, 0.3) is 0 Å². The third-order valence-corrected chi connectivity index (χ3v) is 7.04. The van der Waals surface area contributed by atoms with Crippen molar-refractivity contribution in [3.8, 4) is 0 Å². The zero-order valence-corrected chi connectivity index (χ0v) is 22.4. The van der Waals surface area contributed by atoms with Crippen LogP contribution in [0.2, 0.25) is 0 Å². The zero-order chi connectivity index (χ0) is 28.3. The topological polar surface area (TPSA) is 27.7 Å². The third-order valence-electron chi connectivity index (χ3n) is 7.04. The van der Waals surface area contributed by atoms with Crippen LogP contribution in [-0.4, -0.2) is 115 Å². The lowest BCUT2D eigenvalue weighted by Crippen LogP contribution is -2.53. The molecule has 2 fully saturated rings. The van der Waals surface area contributed by atoms with Crippen LogP contribution in [-0.2, 0) is 14.2 Å². The minimum absolute atomic E-state index is 0.685. The number of quaternary nitrogens is 2. The first kappa shape index (κ1) is 36.4. The molecule has 2 aliphatic rings. The van der Waals surface area contributed by atoms with Crippen molar-refractivity contribution in [2.75, 3.05) is 92.0 Å². The summed E-state index contributed by atoms with van der Waals surface area (Å²) in [6.07, 6.45) is 8.36. The monoisotopic (exact) mass is 560 g/mol. The predicted octanol–water partition coefficient (Wildman–Crippen LogP) is 5.68. The van der Waals surface area contributed by atoms with E-state index in [2.05, 4.69) is 13.8 Å². The number of hydrogen-bond donors (Lipinski definition) is 0. The smallest absolute Gasteiger partial charge is 0.418 e. The number of ether oxygens (including phenoxy) is 3. The molecule has 0 N–H and O–H groups in total. The SMILES string of the molecule is CC[N+]1(CCOCCOCCOCC[N+]2(CC)CCCCC2)CCCCC1.F[B-](F)(F)F.F[B-](F)(F)F. The highest BCUT2D eigenvalue weighted by atomic mass is 19.5. The fourth-order valence-electron chi connectivity index (χ4n) is 4.82. The molecule has 0 atom stereocenters. The van der Waals surface area contributed by atoms with Crippen molar-refractivity contribution in [2.45, 2.75) is 52.4 Å². The molecule has 0 saturated carbocycles. The molecule has 0 aromatic heterocycles. The van der Waals surface area contributed by atoms with Crippen molar-refractivity contribution in [3.05, 3.63) is 0 Å². The van der Waals surface area contributed by atoms with Crippen molar-refractivity contribution in [1.29, 1.82) is 0 Å². The lowest BCUT2D eigenvalue weighted by Gasteiger charge is -2.40. The maximum atomic E-state index is 9.75. The van der Waals surface area contributed by atoms with Gasteiger partial charge in [0.15, 0.2) is 0 Å². The highest BCUT2D eigenvalue weighted by Crippen LogP contribution is 2.19. The number of rotatable bonds is 14. The molecule has 0 spiro atoms. The van der Waals surface area contributed by atoms with Gasteiger partial charge < -0.3 is 57.7 Å². The highest BCUT2D eigenvalue weighted by Gasteiger charge is 2.28. The third kappa shape index (κ3) is 23.0. The Kier molecular flexibility index (Phi) is 19.1. The van der Waals surface area contributed by atoms with Gasteiger partial charge in [-0.05, 0) is 52.4 Å². The number of piperidine rings is 2. The van der Waals surface area contributed by atoms with Gasteiger partial charge in [0.05, 0.1) is 78.9 Å². The van der Waals surface area contributed by atoms with Gasteiger partial charge >= 0.3 is 14.5 Å². The number of nitrogens with zero attached hydrogens (tertiary/aromatic N) is 2. The fourth-order valence-corrected chi connectivity index (χ4v) is 4.82. The molecular weight excluding hydrogens is 514 g/mol. The van der Waals surface area contributed by atoms with Crippen molar-refractivity contribution in [2.24, 2.45) is 0 Å². The van der Waals surface area contributed by atoms with Crippen molar-refractivity contribution in [3.63, 3.8) is 0 Å². The summed E-state index contributed by atoms with van der Waals surface area (Å²) >= 11 is 0. The average Bonchev–Trinajstić information content (AvgIpc) is 2.81. The van der Waals surface area contributed by atoms with Crippen LogP contribution in [0, 0.1) is 0 Å². The van der Waals surface area contributed by atoms with Gasteiger partial charge in [-0.25, -0.2) is 0 Å². The van der Waals surface area contributed by atoms with E-state index < -0.39 is 14.5 Å². The van der Waals surface area contributed by atoms with Crippen LogP contribution in [0.4, 0.5) is 34.5 Å². The Hall–Kier alpha value is -0.630. The van der Waals surface area contributed by atoms with Crippen LogP contribution < -0.4 is 0 Å². The molecule has 15 heteroatoms. The average molecular weight is 560 g/mol. The molecule has 2 heterocycles. The Morgan fingerprint density at radius 1 is 0.459 bits per heavy atom. The fraction of sp³-hybridized carbons (Fsp3) is 1.00. The summed E-state index contributed by atoms with van der Waals surface area (Å²) < 4.78 is 97.8.